The molecule has 1 aliphatic heterocycles. The van der Waals surface area contributed by atoms with Crippen molar-refractivity contribution < 1.29 is 23.9 Å². The Bertz CT molecular complexity index is 783. The van der Waals surface area contributed by atoms with Crippen LogP contribution in [0.25, 0.3) is 0 Å². The summed E-state index contributed by atoms with van der Waals surface area (Å²) in [5.41, 5.74) is -0.716. The Morgan fingerprint density at radius 3 is 2.50 bits per heavy atom. The first-order valence-electron chi connectivity index (χ1n) is 9.53. The SMILES string of the molecule is CCC(C)(C)NC(=O)c1ccc2c(c1)N(CC(=O)OC(C)C)C(=O)C(C)(C)O2. The van der Waals surface area contributed by atoms with E-state index in [9.17, 15) is 14.4 Å². The topological polar surface area (TPSA) is 84.9 Å². The highest BCUT2D eigenvalue weighted by Crippen LogP contribution is 2.38. The second kappa shape index (κ2) is 7.81. The number of hydrogen-bond acceptors (Lipinski definition) is 5. The largest absolute Gasteiger partial charge is 0.476 e. The highest BCUT2D eigenvalue weighted by Gasteiger charge is 2.42. The summed E-state index contributed by atoms with van der Waals surface area (Å²) in [4.78, 5) is 39.0. The van der Waals surface area contributed by atoms with Crippen molar-refractivity contribution >= 4 is 23.5 Å². The quantitative estimate of drug-likeness (QED) is 0.755. The molecular formula is C21H30N2O5. The zero-order valence-electron chi connectivity index (χ0n) is 17.7. The molecular weight excluding hydrogens is 360 g/mol. The van der Waals surface area contributed by atoms with Crippen LogP contribution in [-0.2, 0) is 14.3 Å². The van der Waals surface area contributed by atoms with E-state index in [0.717, 1.165) is 6.42 Å². The Labute approximate surface area is 166 Å². The zero-order chi connectivity index (χ0) is 21.3. The summed E-state index contributed by atoms with van der Waals surface area (Å²) in [6, 6.07) is 4.88. The Balaban J connectivity index is 2.39. The molecule has 0 aromatic heterocycles. The van der Waals surface area contributed by atoms with Gasteiger partial charge in [0.05, 0.1) is 11.8 Å². The maximum atomic E-state index is 12.9. The number of esters is 1. The second-order valence-electron chi connectivity index (χ2n) is 8.42. The average Bonchev–Trinajstić information content (AvgIpc) is 2.57. The molecule has 1 aromatic carbocycles. The first-order chi connectivity index (χ1) is 12.9. The van der Waals surface area contributed by atoms with E-state index in [1.807, 2.05) is 20.8 Å². The lowest BCUT2D eigenvalue weighted by molar-refractivity contribution is -0.147. The van der Waals surface area contributed by atoms with Gasteiger partial charge in [-0.05, 0) is 66.2 Å². The molecule has 1 N–H and O–H groups in total. The molecule has 0 radical (unpaired) electrons. The number of carbonyl (C=O) groups excluding carboxylic acids is 3. The van der Waals surface area contributed by atoms with Crippen LogP contribution >= 0.6 is 0 Å². The van der Waals surface area contributed by atoms with Crippen molar-refractivity contribution in [2.24, 2.45) is 0 Å². The van der Waals surface area contributed by atoms with Crippen LogP contribution in [0.15, 0.2) is 18.2 Å². The van der Waals surface area contributed by atoms with Gasteiger partial charge in [-0.25, -0.2) is 0 Å². The summed E-state index contributed by atoms with van der Waals surface area (Å²) in [6.45, 7) is 12.4. The number of hydrogen-bond donors (Lipinski definition) is 1. The number of anilines is 1. The molecule has 1 aliphatic rings. The molecule has 0 atom stereocenters. The number of ether oxygens (including phenoxy) is 2. The number of nitrogens with one attached hydrogen (secondary N) is 1. The van der Waals surface area contributed by atoms with Crippen molar-refractivity contribution in [3.05, 3.63) is 23.8 Å². The summed E-state index contributed by atoms with van der Waals surface area (Å²) in [5, 5.41) is 2.96. The predicted molar refractivity (Wildman–Crippen MR) is 107 cm³/mol. The molecule has 0 unspecified atom stereocenters. The lowest BCUT2D eigenvalue weighted by Crippen LogP contribution is -2.54. The van der Waals surface area contributed by atoms with E-state index in [4.69, 9.17) is 9.47 Å². The summed E-state index contributed by atoms with van der Waals surface area (Å²) in [7, 11) is 0. The third-order valence-electron chi connectivity index (χ3n) is 4.63. The molecule has 1 heterocycles. The molecule has 154 valence electrons. The van der Waals surface area contributed by atoms with Crippen molar-refractivity contribution in [1.29, 1.82) is 0 Å². The third kappa shape index (κ3) is 4.82. The predicted octanol–water partition coefficient (Wildman–Crippen LogP) is 3.06. The molecule has 2 rings (SSSR count). The molecule has 0 fully saturated rings. The standard InChI is InChI=1S/C21H30N2O5/c1-8-20(4,5)22-18(25)14-9-10-16-15(11-14)23(12-17(24)27-13(2)3)19(26)21(6,7)28-16/h9-11,13H,8,12H2,1-7H3,(H,22,25). The summed E-state index contributed by atoms with van der Waals surface area (Å²) >= 11 is 0. The summed E-state index contributed by atoms with van der Waals surface area (Å²) < 4.78 is 11.0. The second-order valence-corrected chi connectivity index (χ2v) is 8.42. The first kappa shape index (κ1) is 21.7. The van der Waals surface area contributed by atoms with Crippen molar-refractivity contribution in [3.8, 4) is 5.75 Å². The summed E-state index contributed by atoms with van der Waals surface area (Å²) in [6.07, 6.45) is 0.483. The van der Waals surface area contributed by atoms with Gasteiger partial charge in [0.1, 0.15) is 12.3 Å². The monoisotopic (exact) mass is 390 g/mol. The Morgan fingerprint density at radius 2 is 1.93 bits per heavy atom. The number of nitrogens with zero attached hydrogens (tertiary/aromatic N) is 1. The number of amides is 2. The van der Waals surface area contributed by atoms with Gasteiger partial charge < -0.3 is 14.8 Å². The van der Waals surface area contributed by atoms with E-state index < -0.39 is 11.6 Å². The molecule has 7 nitrogen and oxygen atoms in total. The Morgan fingerprint density at radius 1 is 1.29 bits per heavy atom. The number of carbonyl (C=O) groups is 3. The fraction of sp³-hybridized carbons (Fsp3) is 0.571. The highest BCUT2D eigenvalue weighted by molar-refractivity contribution is 6.06. The average molecular weight is 390 g/mol. The van der Waals surface area contributed by atoms with Gasteiger partial charge in [-0.1, -0.05) is 6.92 Å². The van der Waals surface area contributed by atoms with Crippen molar-refractivity contribution in [1.82, 2.24) is 5.32 Å². The van der Waals surface area contributed by atoms with E-state index in [0.29, 0.717) is 17.0 Å². The van der Waals surface area contributed by atoms with Gasteiger partial charge in [-0.3, -0.25) is 19.3 Å². The van der Waals surface area contributed by atoms with Gasteiger partial charge in [0.2, 0.25) is 0 Å². The van der Waals surface area contributed by atoms with Crippen LogP contribution in [0.3, 0.4) is 0 Å². The van der Waals surface area contributed by atoms with Gasteiger partial charge in [-0.15, -0.1) is 0 Å². The van der Waals surface area contributed by atoms with Crippen LogP contribution in [0.1, 0.15) is 65.2 Å². The van der Waals surface area contributed by atoms with E-state index in [1.54, 1.807) is 45.9 Å². The minimum atomic E-state index is -1.13. The van der Waals surface area contributed by atoms with Crippen LogP contribution in [0.5, 0.6) is 5.75 Å². The Hall–Kier alpha value is -2.57. The molecule has 28 heavy (non-hydrogen) atoms. The molecule has 7 heteroatoms. The Kier molecular flexibility index (Phi) is 6.06. The van der Waals surface area contributed by atoms with Crippen LogP contribution in [0.4, 0.5) is 5.69 Å². The highest BCUT2D eigenvalue weighted by atomic mass is 16.5. The minimum Gasteiger partial charge on any atom is -0.476 e. The van der Waals surface area contributed by atoms with Crippen molar-refractivity contribution in [2.45, 2.75) is 72.1 Å². The zero-order valence-corrected chi connectivity index (χ0v) is 17.7. The number of fused-ring (bicyclic) bond motifs is 1. The molecule has 1 aromatic rings. The molecule has 0 aliphatic carbocycles. The van der Waals surface area contributed by atoms with Crippen LogP contribution in [-0.4, -0.2) is 41.6 Å². The molecule has 2 amide bonds. The van der Waals surface area contributed by atoms with Gasteiger partial charge >= 0.3 is 5.97 Å². The lowest BCUT2D eigenvalue weighted by atomic mass is 10.00. The van der Waals surface area contributed by atoms with Crippen molar-refractivity contribution in [2.75, 3.05) is 11.4 Å². The van der Waals surface area contributed by atoms with Crippen LogP contribution < -0.4 is 15.0 Å². The number of benzene rings is 1. The van der Waals surface area contributed by atoms with E-state index in [1.165, 1.54) is 4.90 Å². The normalized spacial score (nSPS) is 15.7. The van der Waals surface area contributed by atoms with Gasteiger partial charge in [0.15, 0.2) is 5.60 Å². The van der Waals surface area contributed by atoms with Gasteiger partial charge in [0.25, 0.3) is 11.8 Å². The molecule has 0 spiro atoms. The van der Waals surface area contributed by atoms with Crippen molar-refractivity contribution in [3.63, 3.8) is 0 Å². The van der Waals surface area contributed by atoms with E-state index in [-0.39, 0.29) is 30.0 Å². The van der Waals surface area contributed by atoms with E-state index in [2.05, 4.69) is 5.32 Å². The van der Waals surface area contributed by atoms with Crippen LogP contribution in [0.2, 0.25) is 0 Å². The minimum absolute atomic E-state index is 0.248. The van der Waals surface area contributed by atoms with Gasteiger partial charge in [-0.2, -0.15) is 0 Å². The number of rotatable bonds is 6. The molecule has 0 saturated heterocycles. The van der Waals surface area contributed by atoms with Gasteiger partial charge in [0, 0.05) is 11.1 Å². The maximum absolute atomic E-state index is 12.9. The smallest absolute Gasteiger partial charge is 0.326 e. The summed E-state index contributed by atoms with van der Waals surface area (Å²) in [5.74, 6) is -0.703. The fourth-order valence-electron chi connectivity index (χ4n) is 2.76. The maximum Gasteiger partial charge on any atom is 0.326 e. The third-order valence-corrected chi connectivity index (χ3v) is 4.63. The molecule has 0 bridgehead atoms. The van der Waals surface area contributed by atoms with Crippen LogP contribution in [0, 0.1) is 0 Å². The molecule has 0 saturated carbocycles. The van der Waals surface area contributed by atoms with E-state index >= 15 is 0 Å². The fourth-order valence-corrected chi connectivity index (χ4v) is 2.76. The first-order valence-corrected chi connectivity index (χ1v) is 9.53. The lowest BCUT2D eigenvalue weighted by Gasteiger charge is -2.38.